The van der Waals surface area contributed by atoms with Crippen molar-refractivity contribution in [1.29, 1.82) is 0 Å². The largest absolute Gasteiger partial charge is 0.379 e. The zero-order chi connectivity index (χ0) is 14.8. The summed E-state index contributed by atoms with van der Waals surface area (Å²) < 4.78 is 1.83. The number of nitrogens with two attached hydrogens (primary N) is 1. The zero-order valence-electron chi connectivity index (χ0n) is 11.9. The van der Waals surface area contributed by atoms with Gasteiger partial charge in [0.15, 0.2) is 0 Å². The molecule has 0 aliphatic rings. The standard InChI is InChI=1S/C14H19N5O/c1-14(2,3)19-9-12(17-18-19)8-16-11-6-4-10(5-7-11)13(15)20/h4-7,9,16H,8H2,1-3H3,(H2,15,20). The number of aromatic nitrogens is 3. The maximum atomic E-state index is 11.0. The van der Waals surface area contributed by atoms with E-state index in [0.717, 1.165) is 11.4 Å². The van der Waals surface area contributed by atoms with E-state index in [1.807, 2.05) is 23.0 Å². The van der Waals surface area contributed by atoms with Crippen LogP contribution in [0, 0.1) is 0 Å². The molecule has 20 heavy (non-hydrogen) atoms. The topological polar surface area (TPSA) is 85.8 Å². The number of anilines is 1. The minimum absolute atomic E-state index is 0.0750. The second-order valence-corrected chi connectivity index (χ2v) is 5.62. The van der Waals surface area contributed by atoms with Gasteiger partial charge in [0.25, 0.3) is 0 Å². The molecule has 1 aromatic carbocycles. The molecular weight excluding hydrogens is 254 g/mol. The number of amides is 1. The minimum atomic E-state index is -0.426. The fraction of sp³-hybridized carbons (Fsp3) is 0.357. The maximum Gasteiger partial charge on any atom is 0.248 e. The third kappa shape index (κ3) is 3.34. The monoisotopic (exact) mass is 273 g/mol. The molecule has 0 unspecified atom stereocenters. The molecule has 0 bridgehead atoms. The molecule has 2 aromatic rings. The van der Waals surface area contributed by atoms with Crippen molar-refractivity contribution in [2.75, 3.05) is 5.32 Å². The quantitative estimate of drug-likeness (QED) is 0.888. The van der Waals surface area contributed by atoms with Gasteiger partial charge in [-0.15, -0.1) is 5.10 Å². The number of nitrogens with zero attached hydrogens (tertiary/aromatic N) is 3. The molecule has 0 aliphatic heterocycles. The highest BCUT2D eigenvalue weighted by Crippen LogP contribution is 2.13. The first-order valence-electron chi connectivity index (χ1n) is 6.42. The first kappa shape index (κ1) is 14.0. The Hall–Kier alpha value is -2.37. The summed E-state index contributed by atoms with van der Waals surface area (Å²) in [5, 5.41) is 11.4. The van der Waals surface area contributed by atoms with E-state index in [1.54, 1.807) is 12.1 Å². The van der Waals surface area contributed by atoms with Crippen LogP contribution in [0.15, 0.2) is 30.5 Å². The highest BCUT2D eigenvalue weighted by atomic mass is 16.1. The van der Waals surface area contributed by atoms with Crippen LogP contribution < -0.4 is 11.1 Å². The van der Waals surface area contributed by atoms with Gasteiger partial charge in [-0.2, -0.15) is 0 Å². The van der Waals surface area contributed by atoms with E-state index in [0.29, 0.717) is 12.1 Å². The van der Waals surface area contributed by atoms with E-state index in [9.17, 15) is 4.79 Å². The van der Waals surface area contributed by atoms with Crippen molar-refractivity contribution in [1.82, 2.24) is 15.0 Å². The number of benzene rings is 1. The van der Waals surface area contributed by atoms with Crippen LogP contribution in [0.25, 0.3) is 0 Å². The molecule has 6 nitrogen and oxygen atoms in total. The van der Waals surface area contributed by atoms with Crippen LogP contribution in [-0.4, -0.2) is 20.9 Å². The molecule has 1 heterocycles. The first-order chi connectivity index (χ1) is 9.36. The fourth-order valence-corrected chi connectivity index (χ4v) is 1.65. The molecule has 3 N–H and O–H groups in total. The van der Waals surface area contributed by atoms with Crippen molar-refractivity contribution in [2.45, 2.75) is 32.9 Å². The molecule has 1 amide bonds. The van der Waals surface area contributed by atoms with Crippen molar-refractivity contribution in [3.63, 3.8) is 0 Å². The summed E-state index contributed by atoms with van der Waals surface area (Å²) in [5.41, 5.74) is 7.37. The summed E-state index contributed by atoms with van der Waals surface area (Å²) in [5.74, 6) is -0.426. The normalized spacial score (nSPS) is 11.3. The lowest BCUT2D eigenvalue weighted by molar-refractivity contribution is 0.100. The molecule has 0 fully saturated rings. The van der Waals surface area contributed by atoms with E-state index in [4.69, 9.17) is 5.73 Å². The number of nitrogens with one attached hydrogen (secondary N) is 1. The fourth-order valence-electron chi connectivity index (χ4n) is 1.65. The van der Waals surface area contributed by atoms with E-state index < -0.39 is 5.91 Å². The van der Waals surface area contributed by atoms with Crippen LogP contribution in [0.1, 0.15) is 36.8 Å². The van der Waals surface area contributed by atoms with Crippen LogP contribution in [-0.2, 0) is 12.1 Å². The molecule has 0 saturated carbocycles. The van der Waals surface area contributed by atoms with Crippen molar-refractivity contribution in [3.8, 4) is 0 Å². The smallest absolute Gasteiger partial charge is 0.248 e. The lowest BCUT2D eigenvalue weighted by Crippen LogP contribution is -2.22. The molecule has 0 spiro atoms. The Morgan fingerprint density at radius 1 is 1.30 bits per heavy atom. The van der Waals surface area contributed by atoms with Crippen LogP contribution in [0.4, 0.5) is 5.69 Å². The Labute approximate surface area is 118 Å². The van der Waals surface area contributed by atoms with Crippen molar-refractivity contribution in [3.05, 3.63) is 41.7 Å². The lowest BCUT2D eigenvalue weighted by Gasteiger charge is -2.17. The number of carbonyl (C=O) groups is 1. The van der Waals surface area contributed by atoms with Crippen molar-refractivity contribution in [2.24, 2.45) is 5.73 Å². The SMILES string of the molecule is CC(C)(C)n1cc(CNc2ccc(C(N)=O)cc2)nn1. The highest BCUT2D eigenvalue weighted by molar-refractivity contribution is 5.93. The third-order valence-electron chi connectivity index (χ3n) is 2.87. The van der Waals surface area contributed by atoms with Gasteiger partial charge in [0.1, 0.15) is 5.69 Å². The van der Waals surface area contributed by atoms with Gasteiger partial charge in [0.2, 0.25) is 5.91 Å². The van der Waals surface area contributed by atoms with Gasteiger partial charge in [-0.3, -0.25) is 4.79 Å². The van der Waals surface area contributed by atoms with Gasteiger partial charge >= 0.3 is 0 Å². The summed E-state index contributed by atoms with van der Waals surface area (Å²) in [6.07, 6.45) is 1.92. The number of carbonyl (C=O) groups excluding carboxylic acids is 1. The van der Waals surface area contributed by atoms with Crippen molar-refractivity contribution >= 4 is 11.6 Å². The van der Waals surface area contributed by atoms with Gasteiger partial charge < -0.3 is 11.1 Å². The summed E-state index contributed by atoms with van der Waals surface area (Å²) in [6.45, 7) is 6.79. The number of primary amides is 1. The molecule has 0 radical (unpaired) electrons. The summed E-state index contributed by atoms with van der Waals surface area (Å²) in [4.78, 5) is 11.0. The Bertz CT molecular complexity index is 595. The zero-order valence-corrected chi connectivity index (χ0v) is 11.9. The highest BCUT2D eigenvalue weighted by Gasteiger charge is 2.14. The Morgan fingerprint density at radius 3 is 2.45 bits per heavy atom. The lowest BCUT2D eigenvalue weighted by atomic mass is 10.1. The molecule has 0 atom stereocenters. The molecule has 2 rings (SSSR count). The Morgan fingerprint density at radius 2 is 1.95 bits per heavy atom. The van der Waals surface area contributed by atoms with E-state index in [1.165, 1.54) is 0 Å². The number of rotatable bonds is 4. The van der Waals surface area contributed by atoms with Gasteiger partial charge in [0.05, 0.1) is 18.3 Å². The Kier molecular flexibility index (Phi) is 3.74. The summed E-state index contributed by atoms with van der Waals surface area (Å²) in [6, 6.07) is 7.01. The van der Waals surface area contributed by atoms with Gasteiger partial charge in [0, 0.05) is 11.3 Å². The van der Waals surface area contributed by atoms with Crippen LogP contribution >= 0.6 is 0 Å². The summed E-state index contributed by atoms with van der Waals surface area (Å²) >= 11 is 0. The van der Waals surface area contributed by atoms with Crippen LogP contribution in [0.2, 0.25) is 0 Å². The van der Waals surface area contributed by atoms with Crippen LogP contribution in [0.3, 0.4) is 0 Å². The van der Waals surface area contributed by atoms with E-state index in [2.05, 4.69) is 36.4 Å². The first-order valence-corrected chi connectivity index (χ1v) is 6.42. The van der Waals surface area contributed by atoms with Crippen molar-refractivity contribution < 1.29 is 4.79 Å². The van der Waals surface area contributed by atoms with E-state index >= 15 is 0 Å². The second-order valence-electron chi connectivity index (χ2n) is 5.62. The molecule has 0 aliphatic carbocycles. The van der Waals surface area contributed by atoms with E-state index in [-0.39, 0.29) is 5.54 Å². The molecular formula is C14H19N5O. The minimum Gasteiger partial charge on any atom is -0.379 e. The molecule has 0 saturated heterocycles. The maximum absolute atomic E-state index is 11.0. The molecule has 106 valence electrons. The molecule has 6 heteroatoms. The average molecular weight is 273 g/mol. The number of hydrogen-bond donors (Lipinski definition) is 2. The Balaban J connectivity index is 1.98. The van der Waals surface area contributed by atoms with Gasteiger partial charge in [-0.25, -0.2) is 4.68 Å². The summed E-state index contributed by atoms with van der Waals surface area (Å²) in [7, 11) is 0. The van der Waals surface area contributed by atoms with Gasteiger partial charge in [-0.05, 0) is 45.0 Å². The van der Waals surface area contributed by atoms with Crippen LogP contribution in [0.5, 0.6) is 0 Å². The average Bonchev–Trinajstić information content (AvgIpc) is 2.85. The third-order valence-corrected chi connectivity index (χ3v) is 2.87. The molecule has 1 aromatic heterocycles. The second kappa shape index (κ2) is 5.32. The predicted octanol–water partition coefficient (Wildman–Crippen LogP) is 1.74. The predicted molar refractivity (Wildman–Crippen MR) is 77.3 cm³/mol. The number of hydrogen-bond acceptors (Lipinski definition) is 4. The van der Waals surface area contributed by atoms with Gasteiger partial charge in [-0.1, -0.05) is 5.21 Å².